The largest absolute Gasteiger partial charge is 0.347 e. The smallest absolute Gasteiger partial charge is 0.322 e. The van der Waals surface area contributed by atoms with E-state index in [0.717, 1.165) is 24.2 Å². The van der Waals surface area contributed by atoms with Crippen molar-refractivity contribution in [3.63, 3.8) is 0 Å². The summed E-state index contributed by atoms with van der Waals surface area (Å²) in [5.41, 5.74) is 0.355. The van der Waals surface area contributed by atoms with Crippen molar-refractivity contribution in [1.82, 2.24) is 15.1 Å². The van der Waals surface area contributed by atoms with Gasteiger partial charge in [-0.05, 0) is 75.0 Å². The molecule has 7 nitrogen and oxygen atoms in total. The molecule has 1 aromatic heterocycles. The first-order chi connectivity index (χ1) is 12.3. The van der Waals surface area contributed by atoms with Gasteiger partial charge in [0.05, 0.1) is 4.92 Å². The molecule has 7 heteroatoms. The lowest BCUT2D eigenvalue weighted by atomic mass is 9.47. The molecule has 0 spiro atoms. The quantitative estimate of drug-likeness (QED) is 0.644. The van der Waals surface area contributed by atoms with E-state index in [4.69, 9.17) is 0 Å². The van der Waals surface area contributed by atoms with Crippen LogP contribution in [0, 0.1) is 40.2 Å². The monoisotopic (exact) mass is 360 g/mol. The van der Waals surface area contributed by atoms with Crippen molar-refractivity contribution in [1.29, 1.82) is 0 Å². The van der Waals surface area contributed by atoms with Gasteiger partial charge < -0.3 is 5.32 Å². The van der Waals surface area contributed by atoms with Crippen molar-refractivity contribution in [2.75, 3.05) is 0 Å². The molecule has 1 N–H and O–H groups in total. The minimum Gasteiger partial charge on any atom is -0.347 e. The number of amides is 1. The predicted octanol–water partition coefficient (Wildman–Crippen LogP) is 3.36. The third-order valence-electron chi connectivity index (χ3n) is 7.13. The Morgan fingerprint density at radius 2 is 1.85 bits per heavy atom. The topological polar surface area (TPSA) is 90.1 Å². The van der Waals surface area contributed by atoms with E-state index in [9.17, 15) is 14.9 Å². The van der Waals surface area contributed by atoms with Crippen molar-refractivity contribution in [3.05, 3.63) is 21.5 Å². The molecular formula is C19H28N4O3. The fraction of sp³-hybridized carbons (Fsp3) is 0.789. The summed E-state index contributed by atoms with van der Waals surface area (Å²) in [6, 6.07) is 0.0817. The molecule has 0 saturated heterocycles. The lowest BCUT2D eigenvalue weighted by Gasteiger charge is -2.59. The third-order valence-corrected chi connectivity index (χ3v) is 7.13. The van der Waals surface area contributed by atoms with Gasteiger partial charge in [0.15, 0.2) is 0 Å². The van der Waals surface area contributed by atoms with E-state index in [-0.39, 0.29) is 34.4 Å². The Bertz CT molecular complexity index is 719. The summed E-state index contributed by atoms with van der Waals surface area (Å²) in [6.45, 7) is 3.69. The Morgan fingerprint density at radius 3 is 2.31 bits per heavy atom. The number of hydrogen-bond acceptors (Lipinski definition) is 4. The number of aryl methyl sites for hydroxylation is 2. The van der Waals surface area contributed by atoms with E-state index >= 15 is 0 Å². The molecular weight excluding hydrogens is 332 g/mol. The fourth-order valence-corrected chi connectivity index (χ4v) is 6.64. The van der Waals surface area contributed by atoms with Gasteiger partial charge in [0.2, 0.25) is 5.69 Å². The summed E-state index contributed by atoms with van der Waals surface area (Å²) < 4.78 is 1.34. The van der Waals surface area contributed by atoms with Gasteiger partial charge in [-0.25, -0.2) is 0 Å². The average molecular weight is 360 g/mol. The first-order valence-corrected chi connectivity index (χ1v) is 9.81. The molecule has 0 aromatic carbocycles. The Morgan fingerprint density at radius 1 is 1.31 bits per heavy atom. The highest BCUT2D eigenvalue weighted by molar-refractivity contribution is 5.97. The molecule has 4 aliphatic rings. The molecule has 5 rings (SSSR count). The maximum Gasteiger partial charge on any atom is 0.322 e. The fourth-order valence-electron chi connectivity index (χ4n) is 6.64. The highest BCUT2D eigenvalue weighted by Crippen LogP contribution is 2.61. The van der Waals surface area contributed by atoms with E-state index in [0.29, 0.717) is 0 Å². The number of aromatic nitrogens is 2. The van der Waals surface area contributed by atoms with Crippen LogP contribution in [0.1, 0.15) is 68.1 Å². The van der Waals surface area contributed by atoms with Crippen LogP contribution in [0.15, 0.2) is 0 Å². The zero-order valence-corrected chi connectivity index (χ0v) is 15.8. The van der Waals surface area contributed by atoms with E-state index in [2.05, 4.69) is 17.3 Å². The van der Waals surface area contributed by atoms with E-state index in [1.54, 1.807) is 14.0 Å². The maximum absolute atomic E-state index is 13.0. The van der Waals surface area contributed by atoms with E-state index in [1.807, 2.05) is 0 Å². The zero-order valence-electron chi connectivity index (χ0n) is 15.8. The predicted molar refractivity (Wildman–Crippen MR) is 96.7 cm³/mol. The molecule has 1 aromatic rings. The molecule has 4 fully saturated rings. The highest BCUT2D eigenvalue weighted by Gasteiger charge is 2.54. The van der Waals surface area contributed by atoms with Gasteiger partial charge in [0, 0.05) is 13.1 Å². The molecule has 1 heterocycles. The molecule has 0 aliphatic heterocycles. The van der Waals surface area contributed by atoms with Crippen LogP contribution in [0.3, 0.4) is 0 Å². The van der Waals surface area contributed by atoms with Crippen LogP contribution in [-0.4, -0.2) is 26.7 Å². The van der Waals surface area contributed by atoms with Gasteiger partial charge in [-0.3, -0.25) is 19.6 Å². The summed E-state index contributed by atoms with van der Waals surface area (Å²) in [7, 11) is 1.60. The lowest BCUT2D eigenvalue weighted by molar-refractivity contribution is -0.385. The van der Waals surface area contributed by atoms with Crippen molar-refractivity contribution < 1.29 is 9.72 Å². The molecule has 4 bridgehead atoms. The second-order valence-electron chi connectivity index (χ2n) is 8.88. The standard InChI is InChI=1S/C19H28N4O3/c1-4-15(19-8-12-5-13(9-19)7-14(6-12)10-19)20-18(24)17-16(23(25)26)11(2)21-22(17)3/h12-15H,4-10H2,1-3H3,(H,20,24)/t12?,13?,14?,15-,19?/m1/s1. The first kappa shape index (κ1) is 17.5. The molecule has 26 heavy (non-hydrogen) atoms. The SMILES string of the molecule is CC[C@@H](NC(=O)c1c([N+](=O)[O-])c(C)nn1C)C12CC3CC(CC(C3)C1)C2. The van der Waals surface area contributed by atoms with Crippen molar-refractivity contribution >= 4 is 11.6 Å². The van der Waals surface area contributed by atoms with Crippen LogP contribution in [0.4, 0.5) is 5.69 Å². The molecule has 0 radical (unpaired) electrons. The summed E-state index contributed by atoms with van der Waals surface area (Å²) in [5.74, 6) is 2.06. The van der Waals surface area contributed by atoms with Gasteiger partial charge in [-0.1, -0.05) is 6.92 Å². The van der Waals surface area contributed by atoms with Gasteiger partial charge in [0.25, 0.3) is 5.91 Å². The molecule has 1 amide bonds. The van der Waals surface area contributed by atoms with Crippen molar-refractivity contribution in [2.45, 2.75) is 64.8 Å². The molecule has 142 valence electrons. The number of hydrogen-bond donors (Lipinski definition) is 1. The van der Waals surface area contributed by atoms with Gasteiger partial charge in [-0.15, -0.1) is 0 Å². The Hall–Kier alpha value is -1.92. The Kier molecular flexibility index (Phi) is 4.08. The van der Waals surface area contributed by atoms with Crippen molar-refractivity contribution in [3.8, 4) is 0 Å². The number of carbonyl (C=O) groups is 1. The second kappa shape index (κ2) is 6.06. The Labute approximate surface area is 153 Å². The second-order valence-corrected chi connectivity index (χ2v) is 8.88. The van der Waals surface area contributed by atoms with Gasteiger partial charge in [-0.2, -0.15) is 5.10 Å². The number of nitrogens with one attached hydrogen (secondary N) is 1. The third kappa shape index (κ3) is 2.63. The summed E-state index contributed by atoms with van der Waals surface area (Å²) in [4.78, 5) is 23.9. The van der Waals surface area contributed by atoms with Crippen LogP contribution in [0.2, 0.25) is 0 Å². The van der Waals surface area contributed by atoms with E-state index in [1.165, 1.54) is 43.2 Å². The van der Waals surface area contributed by atoms with Crippen molar-refractivity contribution in [2.24, 2.45) is 30.2 Å². The minimum absolute atomic E-state index is 0.0654. The average Bonchev–Trinajstić information content (AvgIpc) is 2.85. The van der Waals surface area contributed by atoms with Crippen LogP contribution in [-0.2, 0) is 7.05 Å². The molecule has 4 saturated carbocycles. The minimum atomic E-state index is -0.497. The normalized spacial score (nSPS) is 33.3. The lowest BCUT2D eigenvalue weighted by Crippen LogP contribution is -2.56. The van der Waals surface area contributed by atoms with Crippen LogP contribution in [0.5, 0.6) is 0 Å². The van der Waals surface area contributed by atoms with Crippen LogP contribution in [0.25, 0.3) is 0 Å². The van der Waals surface area contributed by atoms with Crippen LogP contribution < -0.4 is 5.32 Å². The number of rotatable bonds is 5. The summed E-state index contributed by atoms with van der Waals surface area (Å²) in [6.07, 6.45) is 8.53. The highest BCUT2D eigenvalue weighted by atomic mass is 16.6. The maximum atomic E-state index is 13.0. The van der Waals surface area contributed by atoms with E-state index < -0.39 is 4.92 Å². The number of nitro groups is 1. The first-order valence-electron chi connectivity index (χ1n) is 9.81. The Balaban J connectivity index is 1.60. The summed E-state index contributed by atoms with van der Waals surface area (Å²) in [5, 5.41) is 18.7. The summed E-state index contributed by atoms with van der Waals surface area (Å²) >= 11 is 0. The van der Waals surface area contributed by atoms with Crippen LogP contribution >= 0.6 is 0 Å². The zero-order chi connectivity index (χ0) is 18.6. The number of carbonyl (C=O) groups excluding carboxylic acids is 1. The molecule has 0 unspecified atom stereocenters. The van der Waals surface area contributed by atoms with Gasteiger partial charge in [0.1, 0.15) is 5.69 Å². The number of nitrogens with zero attached hydrogens (tertiary/aromatic N) is 3. The van der Waals surface area contributed by atoms with Gasteiger partial charge >= 0.3 is 5.69 Å². The molecule has 4 aliphatic carbocycles. The molecule has 1 atom stereocenters.